The zero-order chi connectivity index (χ0) is 13.3. The van der Waals surface area contributed by atoms with Gasteiger partial charge < -0.3 is 0 Å². The summed E-state index contributed by atoms with van der Waals surface area (Å²) in [7, 11) is -7.35. The maximum absolute atomic E-state index is 12.0. The van der Waals surface area contributed by atoms with Crippen molar-refractivity contribution in [3.63, 3.8) is 0 Å². The monoisotopic (exact) mass is 298 g/mol. The lowest BCUT2D eigenvalue weighted by molar-refractivity contribution is 0.402. The van der Waals surface area contributed by atoms with Gasteiger partial charge in [-0.15, -0.1) is 0 Å². The van der Waals surface area contributed by atoms with E-state index in [0.717, 1.165) is 10.6 Å². The van der Waals surface area contributed by atoms with E-state index < -0.39 is 30.5 Å². The van der Waals surface area contributed by atoms with Gasteiger partial charge in [0.2, 0.25) is 10.0 Å². The Morgan fingerprint density at radius 2 is 2.00 bits per heavy atom. The molecule has 2 unspecified atom stereocenters. The SMILES string of the molecule is CC(C#N)S(=O)(=O)N1CCSCC1S(C)(=O)=O. The second-order valence-corrected chi connectivity index (χ2v) is 9.35. The van der Waals surface area contributed by atoms with Crippen molar-refractivity contribution in [1.82, 2.24) is 4.31 Å². The van der Waals surface area contributed by atoms with Crippen molar-refractivity contribution in [3.05, 3.63) is 0 Å². The second-order valence-electron chi connectivity index (χ2n) is 3.79. The third-order valence-electron chi connectivity index (χ3n) is 2.49. The largest absolute Gasteiger partial charge is 0.231 e. The molecule has 9 heteroatoms. The first kappa shape index (κ1) is 14.8. The van der Waals surface area contributed by atoms with Crippen LogP contribution in [-0.2, 0) is 19.9 Å². The van der Waals surface area contributed by atoms with Crippen LogP contribution in [0.1, 0.15) is 6.92 Å². The lowest BCUT2D eigenvalue weighted by Gasteiger charge is -2.33. The van der Waals surface area contributed by atoms with Crippen molar-refractivity contribution in [1.29, 1.82) is 5.26 Å². The van der Waals surface area contributed by atoms with Crippen molar-refractivity contribution >= 4 is 31.6 Å². The predicted octanol–water partition coefficient (Wildman–Crippen LogP) is -0.352. The van der Waals surface area contributed by atoms with Gasteiger partial charge in [-0.25, -0.2) is 16.8 Å². The molecular formula is C8H14N2O4S3. The summed E-state index contributed by atoms with van der Waals surface area (Å²) in [4.78, 5) is 0. The molecular weight excluding hydrogens is 284 g/mol. The van der Waals surface area contributed by atoms with Crippen molar-refractivity contribution < 1.29 is 16.8 Å². The first-order valence-corrected chi connectivity index (χ1v) is 9.49. The van der Waals surface area contributed by atoms with Crippen LogP contribution >= 0.6 is 11.8 Å². The fourth-order valence-corrected chi connectivity index (χ4v) is 6.47. The zero-order valence-corrected chi connectivity index (χ0v) is 12.0. The highest BCUT2D eigenvalue weighted by Crippen LogP contribution is 2.25. The molecule has 0 N–H and O–H groups in total. The number of hydrogen-bond acceptors (Lipinski definition) is 6. The van der Waals surface area contributed by atoms with Crippen LogP contribution in [0.5, 0.6) is 0 Å². The maximum atomic E-state index is 12.0. The molecule has 0 aliphatic carbocycles. The maximum Gasteiger partial charge on any atom is 0.231 e. The van der Waals surface area contributed by atoms with Crippen LogP contribution in [0.3, 0.4) is 0 Å². The summed E-state index contributed by atoms with van der Waals surface area (Å²) < 4.78 is 48.1. The Hall–Kier alpha value is -0.300. The van der Waals surface area contributed by atoms with E-state index in [4.69, 9.17) is 5.26 Å². The summed E-state index contributed by atoms with van der Waals surface area (Å²) in [6.45, 7) is 1.40. The van der Waals surface area contributed by atoms with E-state index in [1.54, 1.807) is 6.07 Å². The predicted molar refractivity (Wildman–Crippen MR) is 66.7 cm³/mol. The molecule has 0 aromatic rings. The summed E-state index contributed by atoms with van der Waals surface area (Å²) in [5.41, 5.74) is 0. The van der Waals surface area contributed by atoms with Gasteiger partial charge >= 0.3 is 0 Å². The van der Waals surface area contributed by atoms with Crippen molar-refractivity contribution in [2.24, 2.45) is 0 Å². The standard InChI is InChI=1S/C8H14N2O4S3/c1-7(5-9)17(13,14)10-3-4-15-6-8(10)16(2,11)12/h7-8H,3-4,6H2,1-2H3. The molecule has 1 rings (SSSR count). The minimum atomic E-state index is -3.86. The number of thioether (sulfide) groups is 1. The highest BCUT2D eigenvalue weighted by Gasteiger charge is 2.40. The van der Waals surface area contributed by atoms with Crippen LogP contribution in [0.25, 0.3) is 0 Å². The third kappa shape index (κ3) is 3.13. The molecule has 0 aromatic carbocycles. The summed E-state index contributed by atoms with van der Waals surface area (Å²) in [5.74, 6) is 0.764. The summed E-state index contributed by atoms with van der Waals surface area (Å²) in [5, 5.41) is 6.40. The smallest absolute Gasteiger partial charge is 0.227 e. The zero-order valence-electron chi connectivity index (χ0n) is 9.53. The number of sulfone groups is 1. The van der Waals surface area contributed by atoms with E-state index in [-0.39, 0.29) is 12.3 Å². The number of rotatable bonds is 3. The number of hydrogen-bond donors (Lipinski definition) is 0. The van der Waals surface area contributed by atoms with Gasteiger partial charge in [0.1, 0.15) is 5.37 Å². The Balaban J connectivity index is 3.15. The topological polar surface area (TPSA) is 95.3 Å². The molecule has 0 spiro atoms. The number of sulfonamides is 1. The van der Waals surface area contributed by atoms with Gasteiger partial charge in [-0.1, -0.05) is 0 Å². The van der Waals surface area contributed by atoms with Gasteiger partial charge in [-0.05, 0) is 6.92 Å². The fraction of sp³-hybridized carbons (Fsp3) is 0.875. The van der Waals surface area contributed by atoms with Crippen LogP contribution in [0.15, 0.2) is 0 Å². The molecule has 1 aliphatic heterocycles. The molecule has 1 fully saturated rings. The molecule has 2 atom stereocenters. The van der Waals surface area contributed by atoms with E-state index in [0.29, 0.717) is 5.75 Å². The molecule has 0 aromatic heterocycles. The van der Waals surface area contributed by atoms with E-state index in [1.807, 2.05) is 0 Å². The first-order chi connectivity index (χ1) is 7.71. The lowest BCUT2D eigenvalue weighted by Crippen LogP contribution is -2.52. The fourth-order valence-electron chi connectivity index (χ4n) is 1.46. The van der Waals surface area contributed by atoms with Gasteiger partial charge in [-0.2, -0.15) is 21.3 Å². The molecule has 0 amide bonds. The molecule has 98 valence electrons. The Kier molecular flexibility index (Phi) is 4.46. The van der Waals surface area contributed by atoms with Crippen molar-refractivity contribution in [2.75, 3.05) is 24.3 Å². The average Bonchev–Trinajstić information content (AvgIpc) is 2.26. The van der Waals surface area contributed by atoms with Crippen LogP contribution in [0.2, 0.25) is 0 Å². The van der Waals surface area contributed by atoms with Gasteiger partial charge in [0.25, 0.3) is 0 Å². The van der Waals surface area contributed by atoms with E-state index in [1.165, 1.54) is 18.7 Å². The Bertz CT molecular complexity index is 519. The second kappa shape index (κ2) is 5.14. The molecule has 6 nitrogen and oxygen atoms in total. The van der Waals surface area contributed by atoms with Gasteiger partial charge in [0.05, 0.1) is 6.07 Å². The van der Waals surface area contributed by atoms with E-state index in [2.05, 4.69) is 0 Å². The van der Waals surface area contributed by atoms with Crippen molar-refractivity contribution in [3.8, 4) is 6.07 Å². The van der Waals surface area contributed by atoms with Gasteiger partial charge in [-0.3, -0.25) is 0 Å². The number of nitriles is 1. The summed E-state index contributed by atoms with van der Waals surface area (Å²) in [6.07, 6.45) is 1.02. The van der Waals surface area contributed by atoms with E-state index in [9.17, 15) is 16.8 Å². The van der Waals surface area contributed by atoms with Crippen LogP contribution in [-0.4, -0.2) is 56.1 Å². The molecule has 1 heterocycles. The molecule has 0 bridgehead atoms. The Morgan fingerprint density at radius 3 is 2.47 bits per heavy atom. The number of nitrogens with zero attached hydrogens (tertiary/aromatic N) is 2. The Labute approximate surface area is 106 Å². The van der Waals surface area contributed by atoms with Crippen molar-refractivity contribution in [2.45, 2.75) is 17.5 Å². The van der Waals surface area contributed by atoms with Crippen LogP contribution < -0.4 is 0 Å². The minimum Gasteiger partial charge on any atom is -0.227 e. The van der Waals surface area contributed by atoms with Gasteiger partial charge in [0, 0.05) is 24.3 Å². The molecule has 1 saturated heterocycles. The molecule has 0 saturated carbocycles. The molecule has 0 radical (unpaired) electrons. The lowest BCUT2D eigenvalue weighted by atomic mass is 10.5. The summed E-state index contributed by atoms with van der Waals surface area (Å²) in [6, 6.07) is 1.64. The molecule has 17 heavy (non-hydrogen) atoms. The van der Waals surface area contributed by atoms with Gasteiger partial charge in [0.15, 0.2) is 15.1 Å². The minimum absolute atomic E-state index is 0.136. The third-order valence-corrected chi connectivity index (χ3v) is 7.35. The molecule has 1 aliphatic rings. The normalized spacial score (nSPS) is 25.1. The average molecular weight is 298 g/mol. The van der Waals surface area contributed by atoms with E-state index >= 15 is 0 Å². The first-order valence-electron chi connectivity index (χ1n) is 4.88. The Morgan fingerprint density at radius 1 is 1.41 bits per heavy atom. The highest BCUT2D eigenvalue weighted by molar-refractivity contribution is 8.01. The van der Waals surface area contributed by atoms with Crippen LogP contribution in [0.4, 0.5) is 0 Å². The quantitative estimate of drug-likeness (QED) is 0.706. The summed E-state index contributed by atoms with van der Waals surface area (Å²) >= 11 is 1.40. The highest BCUT2D eigenvalue weighted by atomic mass is 32.2. The van der Waals surface area contributed by atoms with Crippen LogP contribution in [0, 0.1) is 11.3 Å².